The van der Waals surface area contributed by atoms with Crippen LogP contribution < -0.4 is 16.0 Å². The molecule has 0 aliphatic heterocycles. The lowest BCUT2D eigenvalue weighted by Crippen LogP contribution is -2.56. The number of thiocarbonyl (C=S) groups is 1. The fraction of sp³-hybridized carbons (Fsp3) is 0.125. The highest BCUT2D eigenvalue weighted by Gasteiger charge is 2.35. The Bertz CT molecular complexity index is 819. The molecule has 0 unspecified atom stereocenters. The van der Waals surface area contributed by atoms with Crippen molar-refractivity contribution < 1.29 is 4.79 Å². The van der Waals surface area contributed by atoms with Crippen LogP contribution in [0.3, 0.4) is 0 Å². The van der Waals surface area contributed by atoms with Crippen LogP contribution in [0.5, 0.6) is 0 Å². The number of hydrogen-bond donors (Lipinski definition) is 3. The van der Waals surface area contributed by atoms with Crippen LogP contribution in [0.4, 0.5) is 5.69 Å². The van der Waals surface area contributed by atoms with Gasteiger partial charge in [-0.3, -0.25) is 4.79 Å². The molecular formula is C16H12BrCl3IN3OS. The van der Waals surface area contributed by atoms with Crippen molar-refractivity contribution in [3.05, 3.63) is 62.1 Å². The summed E-state index contributed by atoms with van der Waals surface area (Å²) in [6.07, 6.45) is -1.04. The molecule has 2 aromatic rings. The minimum Gasteiger partial charge on any atom is -0.339 e. The lowest BCUT2D eigenvalue weighted by molar-refractivity contribution is 0.0934. The smallest absolute Gasteiger partial charge is 0.253 e. The van der Waals surface area contributed by atoms with E-state index in [2.05, 4.69) is 54.5 Å². The van der Waals surface area contributed by atoms with E-state index >= 15 is 0 Å². The first-order chi connectivity index (χ1) is 12.2. The van der Waals surface area contributed by atoms with Gasteiger partial charge in [-0.15, -0.1) is 0 Å². The molecule has 0 spiro atoms. The number of carbonyl (C=O) groups is 1. The van der Waals surface area contributed by atoms with Crippen molar-refractivity contribution in [2.75, 3.05) is 5.32 Å². The summed E-state index contributed by atoms with van der Waals surface area (Å²) in [4.78, 5) is 12.4. The van der Waals surface area contributed by atoms with Crippen molar-refractivity contribution in [3.63, 3.8) is 0 Å². The maximum absolute atomic E-state index is 12.4. The molecular weight excluding hydrogens is 595 g/mol. The fourth-order valence-corrected chi connectivity index (χ4v) is 3.37. The van der Waals surface area contributed by atoms with Crippen molar-refractivity contribution in [3.8, 4) is 0 Å². The van der Waals surface area contributed by atoms with E-state index in [1.807, 2.05) is 30.3 Å². The number of rotatable bonds is 4. The normalized spacial score (nSPS) is 12.2. The zero-order valence-electron chi connectivity index (χ0n) is 12.9. The van der Waals surface area contributed by atoms with Gasteiger partial charge >= 0.3 is 0 Å². The maximum atomic E-state index is 12.4. The Morgan fingerprint density at radius 1 is 1.12 bits per heavy atom. The molecule has 1 amide bonds. The van der Waals surface area contributed by atoms with Crippen LogP contribution in [0.25, 0.3) is 0 Å². The maximum Gasteiger partial charge on any atom is 0.253 e. The summed E-state index contributed by atoms with van der Waals surface area (Å²) in [5.41, 5.74) is 1.21. The Hall–Kier alpha value is -0.320. The summed E-state index contributed by atoms with van der Waals surface area (Å²) < 4.78 is -0.0886. The molecule has 138 valence electrons. The zero-order chi connectivity index (χ0) is 19.3. The lowest BCUT2D eigenvalue weighted by atomic mass is 10.2. The van der Waals surface area contributed by atoms with Gasteiger partial charge in [0, 0.05) is 13.6 Å². The number of benzene rings is 2. The van der Waals surface area contributed by atoms with E-state index in [9.17, 15) is 4.79 Å². The van der Waals surface area contributed by atoms with Crippen LogP contribution in [-0.4, -0.2) is 21.0 Å². The second kappa shape index (κ2) is 9.75. The largest absolute Gasteiger partial charge is 0.339 e. The number of hydrogen-bond acceptors (Lipinski definition) is 2. The third-order valence-corrected chi connectivity index (χ3v) is 5.40. The minimum absolute atomic E-state index is 0.208. The molecule has 0 radical (unpaired) electrons. The highest BCUT2D eigenvalue weighted by Crippen LogP contribution is 2.29. The van der Waals surface area contributed by atoms with E-state index < -0.39 is 15.9 Å². The van der Waals surface area contributed by atoms with Gasteiger partial charge in [-0.1, -0.05) is 68.9 Å². The van der Waals surface area contributed by atoms with Crippen molar-refractivity contribution in [1.82, 2.24) is 10.6 Å². The molecule has 0 bridgehead atoms. The van der Waals surface area contributed by atoms with Gasteiger partial charge in [0.25, 0.3) is 5.91 Å². The molecule has 0 saturated carbocycles. The van der Waals surface area contributed by atoms with E-state index in [4.69, 9.17) is 47.0 Å². The predicted octanol–water partition coefficient (Wildman–Crippen LogP) is 5.47. The monoisotopic (exact) mass is 605 g/mol. The van der Waals surface area contributed by atoms with Gasteiger partial charge in [-0.25, -0.2) is 0 Å². The number of halogens is 5. The third kappa shape index (κ3) is 6.69. The highest BCUT2D eigenvalue weighted by molar-refractivity contribution is 14.1. The Kier molecular flexibility index (Phi) is 8.24. The van der Waals surface area contributed by atoms with Crippen molar-refractivity contribution >= 4 is 102 Å². The minimum atomic E-state index is -1.82. The molecule has 4 nitrogen and oxygen atoms in total. The molecule has 0 aliphatic rings. The number of amides is 1. The Morgan fingerprint density at radius 3 is 2.42 bits per heavy atom. The molecule has 0 aliphatic carbocycles. The summed E-state index contributed by atoms with van der Waals surface area (Å²) in [5.74, 6) is -0.410. The zero-order valence-corrected chi connectivity index (χ0v) is 19.7. The van der Waals surface area contributed by atoms with Gasteiger partial charge in [-0.05, 0) is 65.1 Å². The van der Waals surface area contributed by atoms with Crippen molar-refractivity contribution in [1.29, 1.82) is 0 Å². The SMILES string of the molecule is O=C(N[C@H](NC(=S)Nc1ccccc1I)C(Cl)(Cl)Cl)c1cccc(Br)c1. The summed E-state index contributed by atoms with van der Waals surface area (Å²) in [6, 6.07) is 14.4. The second-order valence-electron chi connectivity index (χ2n) is 5.04. The summed E-state index contributed by atoms with van der Waals surface area (Å²) in [5, 5.41) is 8.68. The van der Waals surface area contributed by atoms with Gasteiger partial charge in [0.05, 0.1) is 5.69 Å². The van der Waals surface area contributed by atoms with Crippen molar-refractivity contribution in [2.45, 2.75) is 9.96 Å². The van der Waals surface area contributed by atoms with Crippen LogP contribution in [0, 0.1) is 3.57 Å². The van der Waals surface area contributed by atoms with Crippen LogP contribution in [-0.2, 0) is 0 Å². The Labute approximate surface area is 193 Å². The molecule has 0 fully saturated rings. The van der Waals surface area contributed by atoms with Gasteiger partial charge in [0.1, 0.15) is 6.17 Å². The highest BCUT2D eigenvalue weighted by atomic mass is 127. The van der Waals surface area contributed by atoms with Gasteiger partial charge in [0.15, 0.2) is 5.11 Å². The number of anilines is 1. The quantitative estimate of drug-likeness (QED) is 0.187. The molecule has 3 N–H and O–H groups in total. The summed E-state index contributed by atoms with van der Waals surface area (Å²) in [7, 11) is 0. The molecule has 0 saturated heterocycles. The van der Waals surface area contributed by atoms with E-state index in [0.717, 1.165) is 13.7 Å². The molecule has 26 heavy (non-hydrogen) atoms. The molecule has 1 atom stereocenters. The Morgan fingerprint density at radius 2 is 1.81 bits per heavy atom. The predicted molar refractivity (Wildman–Crippen MR) is 124 cm³/mol. The molecule has 2 rings (SSSR count). The van der Waals surface area contributed by atoms with Crippen molar-refractivity contribution in [2.24, 2.45) is 0 Å². The molecule has 2 aromatic carbocycles. The van der Waals surface area contributed by atoms with Crippen LogP contribution >= 0.6 is 85.5 Å². The van der Waals surface area contributed by atoms with Gasteiger partial charge in [-0.2, -0.15) is 0 Å². The number of alkyl halides is 3. The number of nitrogens with one attached hydrogen (secondary N) is 3. The first kappa shape index (κ1) is 22.0. The first-order valence-corrected chi connectivity index (χ1v) is 10.5. The molecule has 10 heteroatoms. The fourth-order valence-electron chi connectivity index (χ4n) is 1.90. The van der Waals surface area contributed by atoms with E-state index in [1.54, 1.807) is 18.2 Å². The topological polar surface area (TPSA) is 53.2 Å². The molecule has 0 heterocycles. The summed E-state index contributed by atoms with van der Waals surface area (Å²) in [6.45, 7) is 0. The summed E-state index contributed by atoms with van der Waals surface area (Å²) >= 11 is 28.7. The van der Waals surface area contributed by atoms with Gasteiger partial charge < -0.3 is 16.0 Å². The lowest BCUT2D eigenvalue weighted by Gasteiger charge is -2.28. The average Bonchev–Trinajstić information content (AvgIpc) is 2.55. The Balaban J connectivity index is 2.09. The molecule has 0 aromatic heterocycles. The van der Waals surface area contributed by atoms with Crippen LogP contribution in [0.1, 0.15) is 10.4 Å². The van der Waals surface area contributed by atoms with Crippen LogP contribution in [0.2, 0.25) is 0 Å². The number of carbonyl (C=O) groups excluding carboxylic acids is 1. The first-order valence-electron chi connectivity index (χ1n) is 7.12. The van der Waals surface area contributed by atoms with E-state index in [-0.39, 0.29) is 5.11 Å². The number of para-hydroxylation sites is 1. The standard InChI is InChI=1S/C16H12BrCl3IN3OS/c17-10-5-3-4-9(8-10)13(25)23-14(16(18,19)20)24-15(26)22-12-7-2-1-6-11(12)21/h1-8,14H,(H,23,25)(H2,22,24,26)/t14-/m1/s1. The van der Waals surface area contributed by atoms with E-state index in [1.165, 1.54) is 0 Å². The average molecular weight is 608 g/mol. The van der Waals surface area contributed by atoms with E-state index in [0.29, 0.717) is 5.56 Å². The second-order valence-corrected chi connectivity index (χ2v) is 9.89. The van der Waals surface area contributed by atoms with Crippen LogP contribution in [0.15, 0.2) is 53.0 Å². The third-order valence-electron chi connectivity index (χ3n) is 3.09. The van der Waals surface area contributed by atoms with Gasteiger partial charge in [0.2, 0.25) is 3.79 Å².